The molecule has 1 aromatic heterocycles. The Bertz CT molecular complexity index is 1290. The Balaban J connectivity index is 1.45. The maximum absolute atomic E-state index is 12.9. The zero-order chi connectivity index (χ0) is 24.1. The summed E-state index contributed by atoms with van der Waals surface area (Å²) in [5.74, 6) is 0.897. The normalized spacial score (nSPS) is 11.2. The maximum atomic E-state index is 12.9. The van der Waals surface area contributed by atoms with Gasteiger partial charge in [0.15, 0.2) is 6.61 Å². The Kier molecular flexibility index (Phi) is 6.48. The smallest absolute Gasteiger partial charge is 0.416 e. The third-order valence-corrected chi connectivity index (χ3v) is 4.72. The molecular weight excluding hydrogens is 451 g/mol. The number of amides is 1. The van der Waals surface area contributed by atoms with E-state index in [1.54, 1.807) is 55.6 Å². The average Bonchev–Trinajstić information content (AvgIpc) is 3.33. The lowest BCUT2D eigenvalue weighted by Gasteiger charge is -2.11. The minimum absolute atomic E-state index is 0.0118. The van der Waals surface area contributed by atoms with Crippen molar-refractivity contribution in [3.05, 3.63) is 78.4 Å². The lowest BCUT2D eigenvalue weighted by Crippen LogP contribution is -2.20. The number of nitrogens with one attached hydrogen (secondary N) is 1. The van der Waals surface area contributed by atoms with Crippen molar-refractivity contribution in [2.24, 2.45) is 0 Å². The number of carbonyl (C=O) groups is 1. The molecule has 34 heavy (non-hydrogen) atoms. The molecule has 7 nitrogen and oxygen atoms in total. The van der Waals surface area contributed by atoms with Gasteiger partial charge in [0.05, 0.1) is 18.2 Å². The van der Waals surface area contributed by atoms with Crippen LogP contribution in [0.25, 0.3) is 22.8 Å². The minimum atomic E-state index is -4.51. The number of hydrogen-bond acceptors (Lipinski definition) is 6. The molecule has 0 atom stereocenters. The predicted octanol–water partition coefficient (Wildman–Crippen LogP) is 5.45. The van der Waals surface area contributed by atoms with Gasteiger partial charge in [-0.05, 0) is 54.6 Å². The molecule has 0 saturated carbocycles. The molecule has 0 spiro atoms. The van der Waals surface area contributed by atoms with Gasteiger partial charge in [0.2, 0.25) is 5.82 Å². The van der Waals surface area contributed by atoms with E-state index in [1.165, 1.54) is 12.1 Å². The van der Waals surface area contributed by atoms with Crippen molar-refractivity contribution in [3.8, 4) is 34.3 Å². The fourth-order valence-electron chi connectivity index (χ4n) is 3.07. The standard InChI is InChI=1S/C24H18F3N3O4/c1-32-18-11-9-15(10-12-18)22-29-23(34-30-22)19-7-2-3-8-20(19)33-14-21(31)28-17-6-4-5-16(13-17)24(25,26)27/h2-13H,14H2,1H3,(H,28,31). The first kappa shape index (κ1) is 22.8. The molecule has 0 aliphatic heterocycles. The monoisotopic (exact) mass is 469 g/mol. The van der Waals surface area contributed by atoms with Crippen LogP contribution in [-0.4, -0.2) is 29.8 Å². The first-order valence-corrected chi connectivity index (χ1v) is 10.0. The van der Waals surface area contributed by atoms with Gasteiger partial charge in [-0.1, -0.05) is 23.4 Å². The number of halogens is 3. The highest BCUT2D eigenvalue weighted by Gasteiger charge is 2.30. The number of para-hydroxylation sites is 1. The number of anilines is 1. The summed E-state index contributed by atoms with van der Waals surface area (Å²) in [6.07, 6.45) is -4.51. The quantitative estimate of drug-likeness (QED) is 0.388. The van der Waals surface area contributed by atoms with Gasteiger partial charge in [-0.2, -0.15) is 18.2 Å². The lowest BCUT2D eigenvalue weighted by atomic mass is 10.2. The molecule has 1 amide bonds. The first-order chi connectivity index (χ1) is 16.3. The predicted molar refractivity (Wildman–Crippen MR) is 117 cm³/mol. The second-order valence-corrected chi connectivity index (χ2v) is 7.06. The molecule has 0 saturated heterocycles. The molecule has 0 radical (unpaired) electrons. The number of hydrogen-bond donors (Lipinski definition) is 1. The lowest BCUT2D eigenvalue weighted by molar-refractivity contribution is -0.137. The van der Waals surface area contributed by atoms with Crippen LogP contribution in [-0.2, 0) is 11.0 Å². The molecular formula is C24H18F3N3O4. The Labute approximate surface area is 192 Å². The van der Waals surface area contributed by atoms with Crippen LogP contribution in [0.3, 0.4) is 0 Å². The van der Waals surface area contributed by atoms with Gasteiger partial charge in [0.1, 0.15) is 11.5 Å². The Hall–Kier alpha value is -4.34. The van der Waals surface area contributed by atoms with Gasteiger partial charge in [0.25, 0.3) is 11.8 Å². The van der Waals surface area contributed by atoms with Gasteiger partial charge in [-0.3, -0.25) is 4.79 Å². The van der Waals surface area contributed by atoms with Crippen molar-refractivity contribution in [1.82, 2.24) is 10.1 Å². The molecule has 1 N–H and O–H groups in total. The third-order valence-electron chi connectivity index (χ3n) is 4.72. The number of alkyl halides is 3. The van der Waals surface area contributed by atoms with E-state index in [-0.39, 0.29) is 11.6 Å². The zero-order valence-electron chi connectivity index (χ0n) is 17.8. The van der Waals surface area contributed by atoms with Crippen LogP contribution in [0.4, 0.5) is 18.9 Å². The molecule has 174 valence electrons. The summed E-state index contributed by atoms with van der Waals surface area (Å²) in [6.45, 7) is -0.438. The maximum Gasteiger partial charge on any atom is 0.416 e. The summed E-state index contributed by atoms with van der Waals surface area (Å²) in [6, 6.07) is 18.2. The Morgan fingerprint density at radius 3 is 2.53 bits per heavy atom. The van der Waals surface area contributed by atoms with E-state index in [1.807, 2.05) is 0 Å². The third kappa shape index (κ3) is 5.34. The van der Waals surface area contributed by atoms with Crippen LogP contribution in [0.5, 0.6) is 11.5 Å². The van der Waals surface area contributed by atoms with Crippen LogP contribution >= 0.6 is 0 Å². The highest BCUT2D eigenvalue weighted by atomic mass is 19.4. The van der Waals surface area contributed by atoms with Crippen molar-refractivity contribution >= 4 is 11.6 Å². The molecule has 0 fully saturated rings. The Morgan fingerprint density at radius 1 is 1.03 bits per heavy atom. The van der Waals surface area contributed by atoms with Crippen LogP contribution in [0.15, 0.2) is 77.3 Å². The number of methoxy groups -OCH3 is 1. The summed E-state index contributed by atoms with van der Waals surface area (Å²) in [5, 5.41) is 6.38. The van der Waals surface area contributed by atoms with E-state index in [2.05, 4.69) is 15.5 Å². The van der Waals surface area contributed by atoms with Crippen molar-refractivity contribution in [1.29, 1.82) is 0 Å². The molecule has 3 aromatic carbocycles. The van der Waals surface area contributed by atoms with Crippen molar-refractivity contribution in [3.63, 3.8) is 0 Å². The summed E-state index contributed by atoms with van der Waals surface area (Å²) in [7, 11) is 1.57. The molecule has 4 rings (SSSR count). The van der Waals surface area contributed by atoms with Crippen molar-refractivity contribution < 1.29 is 32.0 Å². The zero-order valence-corrected chi connectivity index (χ0v) is 17.8. The van der Waals surface area contributed by atoms with E-state index in [4.69, 9.17) is 14.0 Å². The summed E-state index contributed by atoms with van der Waals surface area (Å²) in [4.78, 5) is 16.6. The van der Waals surface area contributed by atoms with Crippen molar-refractivity contribution in [2.75, 3.05) is 19.0 Å². The van der Waals surface area contributed by atoms with E-state index in [0.29, 0.717) is 22.9 Å². The minimum Gasteiger partial charge on any atom is -0.497 e. The SMILES string of the molecule is COc1ccc(-c2noc(-c3ccccc3OCC(=O)Nc3cccc(C(F)(F)F)c3)n2)cc1. The highest BCUT2D eigenvalue weighted by molar-refractivity contribution is 5.92. The number of nitrogens with zero attached hydrogens (tertiary/aromatic N) is 2. The van der Waals surface area contributed by atoms with Crippen LogP contribution in [0, 0.1) is 0 Å². The molecule has 0 aliphatic carbocycles. The van der Waals surface area contributed by atoms with Gasteiger partial charge >= 0.3 is 6.18 Å². The molecule has 0 bridgehead atoms. The van der Waals surface area contributed by atoms with Crippen LogP contribution < -0.4 is 14.8 Å². The number of aromatic nitrogens is 2. The Morgan fingerprint density at radius 2 is 1.79 bits per heavy atom. The van der Waals surface area contributed by atoms with Crippen molar-refractivity contribution in [2.45, 2.75) is 6.18 Å². The topological polar surface area (TPSA) is 86.5 Å². The fraction of sp³-hybridized carbons (Fsp3) is 0.125. The van der Waals surface area contributed by atoms with Gasteiger partial charge in [0, 0.05) is 11.3 Å². The molecule has 0 unspecified atom stereocenters. The fourth-order valence-corrected chi connectivity index (χ4v) is 3.07. The van der Waals surface area contributed by atoms with E-state index in [0.717, 1.165) is 17.7 Å². The van der Waals surface area contributed by atoms with Gasteiger partial charge < -0.3 is 19.3 Å². The molecule has 0 aliphatic rings. The average molecular weight is 469 g/mol. The largest absolute Gasteiger partial charge is 0.497 e. The number of ether oxygens (including phenoxy) is 2. The molecule has 4 aromatic rings. The molecule has 10 heteroatoms. The van der Waals surface area contributed by atoms with E-state index >= 15 is 0 Å². The summed E-state index contributed by atoms with van der Waals surface area (Å²) in [5.41, 5.74) is 0.328. The van der Waals surface area contributed by atoms with Gasteiger partial charge in [-0.15, -0.1) is 0 Å². The second kappa shape index (κ2) is 9.65. The van der Waals surface area contributed by atoms with E-state index in [9.17, 15) is 18.0 Å². The highest BCUT2D eigenvalue weighted by Crippen LogP contribution is 2.32. The number of carbonyl (C=O) groups excluding carboxylic acids is 1. The first-order valence-electron chi connectivity index (χ1n) is 10.0. The van der Waals surface area contributed by atoms with E-state index < -0.39 is 24.3 Å². The van der Waals surface area contributed by atoms with Crippen LogP contribution in [0.2, 0.25) is 0 Å². The number of benzene rings is 3. The summed E-state index contributed by atoms with van der Waals surface area (Å²) < 4.78 is 54.7. The second-order valence-electron chi connectivity index (χ2n) is 7.06. The number of rotatable bonds is 7. The summed E-state index contributed by atoms with van der Waals surface area (Å²) >= 11 is 0. The van der Waals surface area contributed by atoms with Gasteiger partial charge in [-0.25, -0.2) is 0 Å². The van der Waals surface area contributed by atoms with Crippen LogP contribution in [0.1, 0.15) is 5.56 Å². The molecule has 1 heterocycles.